The van der Waals surface area contributed by atoms with Crippen LogP contribution in [0.3, 0.4) is 0 Å². The number of sulfonamides is 1. The second-order valence-electron chi connectivity index (χ2n) is 3.44. The van der Waals surface area contributed by atoms with Crippen molar-refractivity contribution >= 4 is 21.4 Å². The molecule has 0 radical (unpaired) electrons. The molecule has 0 spiro atoms. The fourth-order valence-corrected chi connectivity index (χ4v) is 3.00. The Morgan fingerprint density at radius 1 is 1.24 bits per heavy atom. The molecule has 17 heavy (non-hydrogen) atoms. The Hall–Kier alpha value is -1.24. The number of thiazole rings is 1. The maximum absolute atomic E-state index is 11.8. The molecule has 0 saturated heterocycles. The van der Waals surface area contributed by atoms with E-state index in [1.807, 2.05) is 5.38 Å². The van der Waals surface area contributed by atoms with Crippen LogP contribution in [0.1, 0.15) is 5.69 Å². The third-order valence-electron chi connectivity index (χ3n) is 2.21. The van der Waals surface area contributed by atoms with Crippen LogP contribution < -0.4 is 4.72 Å². The highest BCUT2D eigenvalue weighted by atomic mass is 32.2. The molecule has 2 aromatic rings. The van der Waals surface area contributed by atoms with E-state index in [1.54, 1.807) is 35.8 Å². The third kappa shape index (κ3) is 3.36. The molecule has 0 aliphatic heterocycles. The highest BCUT2D eigenvalue weighted by Gasteiger charge is 2.12. The van der Waals surface area contributed by atoms with E-state index in [-0.39, 0.29) is 0 Å². The minimum Gasteiger partial charge on any atom is -0.250 e. The third-order valence-corrected chi connectivity index (χ3v) is 4.32. The summed E-state index contributed by atoms with van der Waals surface area (Å²) in [6.07, 6.45) is 0.607. The minimum absolute atomic E-state index is 0.290. The van der Waals surface area contributed by atoms with Crippen LogP contribution in [-0.4, -0.2) is 19.9 Å². The molecule has 0 aliphatic rings. The number of nitrogens with zero attached hydrogens (tertiary/aromatic N) is 1. The van der Waals surface area contributed by atoms with Gasteiger partial charge in [-0.05, 0) is 12.1 Å². The van der Waals surface area contributed by atoms with Crippen molar-refractivity contribution in [1.82, 2.24) is 9.71 Å². The number of nitrogens with one attached hydrogen (secondary N) is 1. The van der Waals surface area contributed by atoms with Gasteiger partial charge in [0.15, 0.2) is 0 Å². The van der Waals surface area contributed by atoms with Crippen LogP contribution in [0.4, 0.5) is 0 Å². The van der Waals surface area contributed by atoms with E-state index in [2.05, 4.69) is 9.71 Å². The predicted octanol–water partition coefficient (Wildman–Crippen LogP) is 1.66. The van der Waals surface area contributed by atoms with Gasteiger partial charge < -0.3 is 0 Å². The highest BCUT2D eigenvalue weighted by Crippen LogP contribution is 2.07. The summed E-state index contributed by atoms with van der Waals surface area (Å²) in [6, 6.07) is 8.34. The number of benzene rings is 1. The highest BCUT2D eigenvalue weighted by molar-refractivity contribution is 7.89. The van der Waals surface area contributed by atoms with E-state index in [0.717, 1.165) is 5.69 Å². The largest absolute Gasteiger partial charge is 0.250 e. The molecule has 1 aromatic heterocycles. The molecule has 1 N–H and O–H groups in total. The lowest BCUT2D eigenvalue weighted by Gasteiger charge is -2.05. The van der Waals surface area contributed by atoms with Crippen molar-refractivity contribution in [3.05, 3.63) is 46.9 Å². The molecular weight excluding hydrogens is 256 g/mol. The zero-order valence-electron chi connectivity index (χ0n) is 9.04. The Labute approximate surface area is 104 Å². The molecule has 2 rings (SSSR count). The topological polar surface area (TPSA) is 59.1 Å². The van der Waals surface area contributed by atoms with Crippen LogP contribution in [0, 0.1) is 0 Å². The summed E-state index contributed by atoms with van der Waals surface area (Å²) in [7, 11) is -3.39. The molecule has 6 heteroatoms. The van der Waals surface area contributed by atoms with E-state index < -0.39 is 10.0 Å². The van der Waals surface area contributed by atoms with Gasteiger partial charge in [0.1, 0.15) is 0 Å². The number of aromatic nitrogens is 1. The summed E-state index contributed by atoms with van der Waals surface area (Å²) in [5.74, 6) is 0. The molecule has 0 unspecified atom stereocenters. The molecule has 0 aliphatic carbocycles. The quantitative estimate of drug-likeness (QED) is 0.897. The maximum Gasteiger partial charge on any atom is 0.240 e. The van der Waals surface area contributed by atoms with Crippen LogP contribution in [0.25, 0.3) is 0 Å². The van der Waals surface area contributed by atoms with Crippen molar-refractivity contribution in [1.29, 1.82) is 0 Å². The van der Waals surface area contributed by atoms with Gasteiger partial charge >= 0.3 is 0 Å². The first kappa shape index (κ1) is 12.2. The average Bonchev–Trinajstić information content (AvgIpc) is 2.83. The van der Waals surface area contributed by atoms with Gasteiger partial charge in [-0.3, -0.25) is 0 Å². The molecule has 0 atom stereocenters. The fourth-order valence-electron chi connectivity index (χ4n) is 1.36. The Morgan fingerprint density at radius 2 is 2.00 bits per heavy atom. The molecule has 1 heterocycles. The van der Waals surface area contributed by atoms with Crippen LogP contribution in [0.2, 0.25) is 0 Å². The zero-order valence-corrected chi connectivity index (χ0v) is 10.7. The van der Waals surface area contributed by atoms with E-state index in [9.17, 15) is 8.42 Å². The number of hydrogen-bond acceptors (Lipinski definition) is 4. The van der Waals surface area contributed by atoms with Crippen molar-refractivity contribution in [2.75, 3.05) is 6.54 Å². The Balaban J connectivity index is 1.95. The summed E-state index contributed by atoms with van der Waals surface area (Å²) in [5.41, 5.74) is 2.65. The van der Waals surface area contributed by atoms with Crippen molar-refractivity contribution in [2.24, 2.45) is 0 Å². The molecule has 4 nitrogen and oxygen atoms in total. The second-order valence-corrected chi connectivity index (χ2v) is 5.93. The van der Waals surface area contributed by atoms with Crippen molar-refractivity contribution in [3.63, 3.8) is 0 Å². The Morgan fingerprint density at radius 3 is 2.65 bits per heavy atom. The lowest BCUT2D eigenvalue weighted by Crippen LogP contribution is -2.25. The van der Waals surface area contributed by atoms with Crippen LogP contribution >= 0.6 is 11.3 Å². The smallest absolute Gasteiger partial charge is 0.240 e. The summed E-state index contributed by atoms with van der Waals surface area (Å²) in [5, 5.41) is 1.91. The van der Waals surface area contributed by atoms with E-state index >= 15 is 0 Å². The Kier molecular flexibility index (Phi) is 3.88. The number of hydrogen-bond donors (Lipinski definition) is 1. The molecule has 0 fully saturated rings. The van der Waals surface area contributed by atoms with Crippen molar-refractivity contribution in [3.8, 4) is 0 Å². The zero-order chi connectivity index (χ0) is 12.1. The van der Waals surface area contributed by atoms with Gasteiger partial charge in [0.25, 0.3) is 0 Å². The molecule has 90 valence electrons. The molecular formula is C11H12N2O2S2. The number of rotatable bonds is 5. The minimum atomic E-state index is -3.39. The van der Waals surface area contributed by atoms with Crippen LogP contribution in [0.15, 0.2) is 46.1 Å². The van der Waals surface area contributed by atoms with E-state index in [0.29, 0.717) is 17.9 Å². The van der Waals surface area contributed by atoms with Gasteiger partial charge in [-0.1, -0.05) is 18.2 Å². The first-order valence-electron chi connectivity index (χ1n) is 5.10. The van der Waals surface area contributed by atoms with Crippen LogP contribution in [0.5, 0.6) is 0 Å². The van der Waals surface area contributed by atoms with E-state index in [1.165, 1.54) is 11.3 Å². The molecule has 0 saturated carbocycles. The fraction of sp³-hybridized carbons (Fsp3) is 0.182. The van der Waals surface area contributed by atoms with Gasteiger partial charge in [0.05, 0.1) is 16.1 Å². The van der Waals surface area contributed by atoms with Gasteiger partial charge in [-0.2, -0.15) is 0 Å². The van der Waals surface area contributed by atoms with Gasteiger partial charge in [-0.25, -0.2) is 18.1 Å². The molecule has 0 amide bonds. The van der Waals surface area contributed by atoms with Gasteiger partial charge in [0, 0.05) is 18.3 Å². The maximum atomic E-state index is 11.8. The van der Waals surface area contributed by atoms with Gasteiger partial charge in [-0.15, -0.1) is 11.3 Å². The van der Waals surface area contributed by atoms with Gasteiger partial charge in [0.2, 0.25) is 10.0 Å². The summed E-state index contributed by atoms with van der Waals surface area (Å²) >= 11 is 1.51. The van der Waals surface area contributed by atoms with Crippen molar-refractivity contribution in [2.45, 2.75) is 11.3 Å². The predicted molar refractivity (Wildman–Crippen MR) is 67.4 cm³/mol. The molecule has 0 bridgehead atoms. The van der Waals surface area contributed by atoms with E-state index in [4.69, 9.17) is 0 Å². The average molecular weight is 268 g/mol. The summed E-state index contributed by atoms with van der Waals surface area (Å²) in [6.45, 7) is 0.362. The monoisotopic (exact) mass is 268 g/mol. The second kappa shape index (κ2) is 5.39. The van der Waals surface area contributed by atoms with Crippen molar-refractivity contribution < 1.29 is 8.42 Å². The SMILES string of the molecule is O=S(=O)(NCCc1cscn1)c1ccccc1. The van der Waals surface area contributed by atoms with Crippen LogP contribution in [-0.2, 0) is 16.4 Å². The summed E-state index contributed by atoms with van der Waals surface area (Å²) in [4.78, 5) is 4.38. The summed E-state index contributed by atoms with van der Waals surface area (Å²) < 4.78 is 26.2. The normalized spacial score (nSPS) is 11.5. The lowest BCUT2D eigenvalue weighted by molar-refractivity contribution is 0.581. The molecule has 1 aromatic carbocycles. The first-order chi connectivity index (χ1) is 8.18. The Bertz CT molecular complexity index is 550. The first-order valence-corrected chi connectivity index (χ1v) is 7.53. The standard InChI is InChI=1S/C11H12N2O2S2/c14-17(15,11-4-2-1-3-5-11)13-7-6-10-8-16-9-12-10/h1-5,8-9,13H,6-7H2. The lowest BCUT2D eigenvalue weighted by atomic mass is 10.3.